The van der Waals surface area contributed by atoms with Crippen LogP contribution >= 0.6 is 0 Å². The highest BCUT2D eigenvalue weighted by molar-refractivity contribution is 7.89. The smallest absolute Gasteiger partial charge is 0.210 e. The van der Waals surface area contributed by atoms with E-state index in [1.165, 1.54) is 19.3 Å². The van der Waals surface area contributed by atoms with E-state index < -0.39 is 10.0 Å². The van der Waals surface area contributed by atoms with Crippen LogP contribution in [0.1, 0.15) is 33.1 Å². The Morgan fingerprint density at radius 3 is 2.32 bits per heavy atom. The highest BCUT2D eigenvalue weighted by Crippen LogP contribution is 2.35. The molecule has 2 rings (SSSR count). The molecule has 2 fully saturated rings. The predicted molar refractivity (Wildman–Crippen MR) is 77.3 cm³/mol. The standard InChI is InChI=1S/C13H27N3O2S/c1-10(2)16-8-11-4-3-5-12(9-16)13(11)15-6-7-19(14,17)18/h10-13,15H,3-9H2,1-2H3,(H2,14,17,18). The summed E-state index contributed by atoms with van der Waals surface area (Å²) in [6, 6.07) is 1.08. The Balaban J connectivity index is 1.91. The summed E-state index contributed by atoms with van der Waals surface area (Å²) in [4.78, 5) is 2.56. The lowest BCUT2D eigenvalue weighted by Gasteiger charge is -2.49. The van der Waals surface area contributed by atoms with E-state index in [2.05, 4.69) is 24.1 Å². The number of sulfonamides is 1. The first-order valence-corrected chi connectivity index (χ1v) is 9.06. The van der Waals surface area contributed by atoms with E-state index in [1.54, 1.807) is 0 Å². The number of nitrogens with two attached hydrogens (primary N) is 1. The fourth-order valence-corrected chi connectivity index (χ4v) is 4.00. The van der Waals surface area contributed by atoms with Gasteiger partial charge in [-0.3, -0.25) is 0 Å². The van der Waals surface area contributed by atoms with E-state index in [9.17, 15) is 8.42 Å². The van der Waals surface area contributed by atoms with Crippen molar-refractivity contribution in [2.24, 2.45) is 17.0 Å². The predicted octanol–water partition coefficient (Wildman–Crippen LogP) is 0.373. The number of likely N-dealkylation sites (tertiary alicyclic amines) is 1. The molecule has 2 unspecified atom stereocenters. The highest BCUT2D eigenvalue weighted by atomic mass is 32.2. The van der Waals surface area contributed by atoms with Gasteiger partial charge in [-0.15, -0.1) is 0 Å². The maximum atomic E-state index is 11.0. The minimum atomic E-state index is -3.35. The van der Waals surface area contributed by atoms with Gasteiger partial charge in [-0.25, -0.2) is 13.6 Å². The zero-order chi connectivity index (χ0) is 14.0. The van der Waals surface area contributed by atoms with Gasteiger partial charge in [0.2, 0.25) is 10.0 Å². The molecule has 1 aliphatic carbocycles. The molecule has 0 aromatic heterocycles. The van der Waals surface area contributed by atoms with Crippen LogP contribution in [0.3, 0.4) is 0 Å². The molecule has 0 amide bonds. The normalized spacial score (nSPS) is 32.7. The van der Waals surface area contributed by atoms with Gasteiger partial charge in [0, 0.05) is 31.7 Å². The maximum Gasteiger partial charge on any atom is 0.210 e. The molecule has 1 aliphatic heterocycles. The molecular weight excluding hydrogens is 262 g/mol. The Morgan fingerprint density at radius 1 is 1.26 bits per heavy atom. The molecule has 112 valence electrons. The molecule has 0 aromatic rings. The van der Waals surface area contributed by atoms with Gasteiger partial charge in [0.05, 0.1) is 5.75 Å². The summed E-state index contributed by atoms with van der Waals surface area (Å²) in [7, 11) is -3.35. The van der Waals surface area contributed by atoms with Crippen molar-refractivity contribution in [2.45, 2.75) is 45.2 Å². The van der Waals surface area contributed by atoms with E-state index in [0.717, 1.165) is 13.1 Å². The number of hydrogen-bond donors (Lipinski definition) is 2. The average Bonchev–Trinajstić information content (AvgIpc) is 2.26. The molecule has 6 heteroatoms. The van der Waals surface area contributed by atoms with Crippen molar-refractivity contribution < 1.29 is 8.42 Å². The zero-order valence-electron chi connectivity index (χ0n) is 12.0. The third kappa shape index (κ3) is 4.15. The number of piperidine rings is 1. The zero-order valence-corrected chi connectivity index (χ0v) is 12.8. The van der Waals surface area contributed by atoms with Gasteiger partial charge in [0.25, 0.3) is 0 Å². The first-order chi connectivity index (χ1) is 8.87. The molecule has 0 spiro atoms. The quantitative estimate of drug-likeness (QED) is 0.767. The van der Waals surface area contributed by atoms with Crippen molar-refractivity contribution in [1.29, 1.82) is 0 Å². The summed E-state index contributed by atoms with van der Waals surface area (Å²) in [5, 5.41) is 8.51. The molecule has 0 radical (unpaired) electrons. The molecule has 1 heterocycles. The van der Waals surface area contributed by atoms with Crippen LogP contribution in [0, 0.1) is 11.8 Å². The number of nitrogens with zero attached hydrogens (tertiary/aromatic N) is 1. The first kappa shape index (κ1) is 15.2. The van der Waals surface area contributed by atoms with Gasteiger partial charge in [-0.2, -0.15) is 0 Å². The van der Waals surface area contributed by atoms with E-state index in [-0.39, 0.29) is 5.75 Å². The number of hydrogen-bond acceptors (Lipinski definition) is 4. The van der Waals surface area contributed by atoms with Crippen LogP contribution in [-0.2, 0) is 10.0 Å². The minimum Gasteiger partial charge on any atom is -0.312 e. The molecule has 1 saturated carbocycles. The van der Waals surface area contributed by atoms with Gasteiger partial charge < -0.3 is 10.2 Å². The van der Waals surface area contributed by atoms with Gasteiger partial charge in [-0.05, 0) is 38.5 Å². The number of primary sulfonamides is 1. The highest BCUT2D eigenvalue weighted by Gasteiger charge is 2.39. The fourth-order valence-electron chi connectivity index (χ4n) is 3.60. The fraction of sp³-hybridized carbons (Fsp3) is 1.00. The lowest BCUT2D eigenvalue weighted by atomic mass is 9.73. The third-order valence-corrected chi connectivity index (χ3v) is 5.37. The minimum absolute atomic E-state index is 0.0385. The van der Waals surface area contributed by atoms with E-state index in [1.807, 2.05) is 0 Å². The molecule has 2 bridgehead atoms. The Bertz CT molecular complexity index is 383. The Hall–Kier alpha value is -0.170. The van der Waals surface area contributed by atoms with Gasteiger partial charge in [0.1, 0.15) is 0 Å². The lowest BCUT2D eigenvalue weighted by molar-refractivity contribution is 0.0305. The molecule has 1 saturated heterocycles. The van der Waals surface area contributed by atoms with Crippen LogP contribution in [0.25, 0.3) is 0 Å². The van der Waals surface area contributed by atoms with Crippen molar-refractivity contribution in [3.05, 3.63) is 0 Å². The lowest BCUT2D eigenvalue weighted by Crippen LogP contribution is -2.58. The van der Waals surface area contributed by atoms with E-state index in [4.69, 9.17) is 5.14 Å². The van der Waals surface area contributed by atoms with Crippen LogP contribution in [-0.4, -0.2) is 50.8 Å². The van der Waals surface area contributed by atoms with Crippen LogP contribution in [0.4, 0.5) is 0 Å². The number of rotatable bonds is 5. The Labute approximate surface area is 117 Å². The summed E-state index contributed by atoms with van der Waals surface area (Å²) in [5.74, 6) is 1.36. The van der Waals surface area contributed by atoms with Crippen molar-refractivity contribution >= 4 is 10.0 Å². The maximum absolute atomic E-state index is 11.0. The van der Waals surface area contributed by atoms with Crippen LogP contribution in [0.15, 0.2) is 0 Å². The van der Waals surface area contributed by atoms with Crippen molar-refractivity contribution in [3.63, 3.8) is 0 Å². The summed E-state index contributed by atoms with van der Waals surface area (Å²) in [6.45, 7) is 7.27. The largest absolute Gasteiger partial charge is 0.312 e. The summed E-state index contributed by atoms with van der Waals surface area (Å²) in [5.41, 5.74) is 0. The summed E-state index contributed by atoms with van der Waals surface area (Å²) < 4.78 is 22.0. The summed E-state index contributed by atoms with van der Waals surface area (Å²) >= 11 is 0. The SMILES string of the molecule is CC(C)N1CC2CCCC(C1)C2NCCS(N)(=O)=O. The van der Waals surface area contributed by atoms with Gasteiger partial charge in [0.15, 0.2) is 0 Å². The Morgan fingerprint density at radius 2 is 1.84 bits per heavy atom. The summed E-state index contributed by atoms with van der Waals surface area (Å²) in [6.07, 6.45) is 3.83. The van der Waals surface area contributed by atoms with Crippen molar-refractivity contribution in [3.8, 4) is 0 Å². The second-order valence-corrected chi connectivity index (χ2v) is 8.08. The van der Waals surface area contributed by atoms with E-state index in [0.29, 0.717) is 30.5 Å². The monoisotopic (exact) mass is 289 g/mol. The average molecular weight is 289 g/mol. The molecule has 0 aromatic carbocycles. The van der Waals surface area contributed by atoms with Crippen molar-refractivity contribution in [1.82, 2.24) is 10.2 Å². The molecule has 5 nitrogen and oxygen atoms in total. The molecule has 2 atom stereocenters. The number of fused-ring (bicyclic) bond motifs is 2. The second kappa shape index (κ2) is 6.08. The van der Waals surface area contributed by atoms with Gasteiger partial charge in [-0.1, -0.05) is 6.42 Å². The van der Waals surface area contributed by atoms with Crippen LogP contribution in [0.2, 0.25) is 0 Å². The molecule has 19 heavy (non-hydrogen) atoms. The molecule has 2 aliphatic rings. The van der Waals surface area contributed by atoms with E-state index >= 15 is 0 Å². The first-order valence-electron chi connectivity index (χ1n) is 7.34. The topological polar surface area (TPSA) is 75.4 Å². The van der Waals surface area contributed by atoms with Crippen LogP contribution in [0.5, 0.6) is 0 Å². The number of nitrogens with one attached hydrogen (secondary N) is 1. The van der Waals surface area contributed by atoms with Crippen molar-refractivity contribution in [2.75, 3.05) is 25.4 Å². The molecular formula is C13H27N3O2S. The third-order valence-electron chi connectivity index (χ3n) is 4.60. The molecule has 3 N–H and O–H groups in total. The van der Waals surface area contributed by atoms with Gasteiger partial charge >= 0.3 is 0 Å². The van der Waals surface area contributed by atoms with Crippen LogP contribution < -0.4 is 10.5 Å². The Kier molecular flexibility index (Phi) is 4.87. The second-order valence-electron chi connectivity index (χ2n) is 6.35.